The monoisotopic (exact) mass is 467 g/mol. The molecular formula is C19H15BrFNO3S2. The summed E-state index contributed by atoms with van der Waals surface area (Å²) in [4.78, 5) is 12.4. The van der Waals surface area contributed by atoms with Gasteiger partial charge in [0, 0.05) is 0 Å². The van der Waals surface area contributed by atoms with Crippen LogP contribution in [0.15, 0.2) is 45.8 Å². The van der Waals surface area contributed by atoms with Gasteiger partial charge in [-0.3, -0.25) is 4.79 Å². The second-order valence-corrected chi connectivity index (χ2v) is 8.10. The largest absolute Gasteiger partial charge is 0.490 e. The number of halogens is 2. The molecule has 2 aromatic carbocycles. The zero-order chi connectivity index (χ0) is 19.4. The Morgan fingerprint density at radius 3 is 2.63 bits per heavy atom. The molecule has 1 heterocycles. The molecule has 4 nitrogen and oxygen atoms in total. The van der Waals surface area contributed by atoms with E-state index in [-0.39, 0.29) is 18.3 Å². The third-order valence-electron chi connectivity index (χ3n) is 3.57. The van der Waals surface area contributed by atoms with Crippen molar-refractivity contribution < 1.29 is 18.7 Å². The first-order valence-corrected chi connectivity index (χ1v) is 10.1. The van der Waals surface area contributed by atoms with Crippen LogP contribution < -0.4 is 14.8 Å². The van der Waals surface area contributed by atoms with Crippen molar-refractivity contribution in [3.63, 3.8) is 0 Å². The molecule has 2 aromatic rings. The average Bonchev–Trinajstić information content (AvgIpc) is 2.93. The van der Waals surface area contributed by atoms with Crippen LogP contribution in [-0.4, -0.2) is 16.8 Å². The molecule has 0 aromatic heterocycles. The van der Waals surface area contributed by atoms with Crippen LogP contribution in [-0.2, 0) is 11.4 Å². The minimum absolute atomic E-state index is 0.212. The third kappa shape index (κ3) is 5.09. The molecule has 1 saturated heterocycles. The maximum absolute atomic E-state index is 13.0. The Kier molecular flexibility index (Phi) is 6.51. The second kappa shape index (κ2) is 8.86. The summed E-state index contributed by atoms with van der Waals surface area (Å²) in [5.74, 6) is 0.588. The van der Waals surface area contributed by atoms with Crippen LogP contribution in [0.1, 0.15) is 18.1 Å². The van der Waals surface area contributed by atoms with Crippen LogP contribution in [0, 0.1) is 5.82 Å². The fraction of sp³-hybridized carbons (Fsp3) is 0.158. The maximum atomic E-state index is 13.0. The molecule has 1 amide bonds. The standard InChI is InChI=1S/C19H15BrFNO3S2/c1-2-24-15-8-12(9-16-18(23)22-19(26)27-16)7-14(20)17(15)25-10-11-3-5-13(21)6-4-11/h3-9H,2,10H2,1H3,(H,22,23,26)/b16-9+. The molecule has 0 unspecified atom stereocenters. The highest BCUT2D eigenvalue weighted by atomic mass is 79.9. The van der Waals surface area contributed by atoms with Crippen molar-refractivity contribution in [2.24, 2.45) is 0 Å². The Labute approximate surface area is 174 Å². The van der Waals surface area contributed by atoms with E-state index in [2.05, 4.69) is 21.2 Å². The first-order chi connectivity index (χ1) is 13.0. The zero-order valence-corrected chi connectivity index (χ0v) is 17.5. The number of ether oxygens (including phenoxy) is 2. The van der Waals surface area contributed by atoms with Gasteiger partial charge in [0.15, 0.2) is 11.5 Å². The number of benzene rings is 2. The van der Waals surface area contributed by atoms with E-state index in [0.29, 0.717) is 31.8 Å². The number of carbonyl (C=O) groups is 1. The van der Waals surface area contributed by atoms with Crippen molar-refractivity contribution in [3.05, 3.63) is 62.7 Å². The Morgan fingerprint density at radius 1 is 1.26 bits per heavy atom. The molecule has 1 aliphatic rings. The highest BCUT2D eigenvalue weighted by Gasteiger charge is 2.22. The van der Waals surface area contributed by atoms with E-state index < -0.39 is 0 Å². The minimum Gasteiger partial charge on any atom is -0.490 e. The first-order valence-electron chi connectivity index (χ1n) is 8.04. The molecule has 0 atom stereocenters. The summed E-state index contributed by atoms with van der Waals surface area (Å²) < 4.78 is 25.7. The van der Waals surface area contributed by atoms with Gasteiger partial charge in [0.25, 0.3) is 5.91 Å². The average molecular weight is 468 g/mol. The summed E-state index contributed by atoms with van der Waals surface area (Å²) >= 11 is 9.73. The van der Waals surface area contributed by atoms with Gasteiger partial charge >= 0.3 is 0 Å². The van der Waals surface area contributed by atoms with Crippen molar-refractivity contribution in [3.8, 4) is 11.5 Å². The number of amides is 1. The fourth-order valence-electron chi connectivity index (χ4n) is 2.38. The predicted molar refractivity (Wildman–Crippen MR) is 112 cm³/mol. The lowest BCUT2D eigenvalue weighted by atomic mass is 10.1. The van der Waals surface area contributed by atoms with E-state index >= 15 is 0 Å². The van der Waals surface area contributed by atoms with Gasteiger partial charge in [0.05, 0.1) is 16.0 Å². The zero-order valence-electron chi connectivity index (χ0n) is 14.3. The number of hydrogen-bond acceptors (Lipinski definition) is 5. The smallest absolute Gasteiger partial charge is 0.263 e. The molecule has 27 heavy (non-hydrogen) atoms. The Morgan fingerprint density at radius 2 is 2.00 bits per heavy atom. The fourth-order valence-corrected chi connectivity index (χ4v) is 4.00. The van der Waals surface area contributed by atoms with E-state index in [0.717, 1.165) is 11.1 Å². The van der Waals surface area contributed by atoms with Gasteiger partial charge in [0.2, 0.25) is 0 Å². The normalized spacial score (nSPS) is 15.1. The number of thiocarbonyl (C=S) groups is 1. The van der Waals surface area contributed by atoms with Crippen LogP contribution in [0.3, 0.4) is 0 Å². The SMILES string of the molecule is CCOc1cc(/C=C2/SC(=S)NC2=O)cc(Br)c1OCc1ccc(F)cc1. The van der Waals surface area contributed by atoms with Gasteiger partial charge in [-0.2, -0.15) is 0 Å². The summed E-state index contributed by atoms with van der Waals surface area (Å²) in [6, 6.07) is 9.76. The van der Waals surface area contributed by atoms with Crippen LogP contribution in [0.25, 0.3) is 6.08 Å². The molecule has 0 aliphatic carbocycles. The van der Waals surface area contributed by atoms with Gasteiger partial charge in [-0.05, 0) is 64.3 Å². The number of nitrogens with one attached hydrogen (secondary N) is 1. The van der Waals surface area contributed by atoms with Crippen LogP contribution >= 0.6 is 39.9 Å². The number of rotatable bonds is 6. The predicted octanol–water partition coefficient (Wildman–Crippen LogP) is 5.05. The van der Waals surface area contributed by atoms with Crippen molar-refractivity contribution in [1.29, 1.82) is 0 Å². The molecule has 3 rings (SSSR count). The van der Waals surface area contributed by atoms with Gasteiger partial charge in [-0.25, -0.2) is 4.39 Å². The highest BCUT2D eigenvalue weighted by molar-refractivity contribution is 9.10. The topological polar surface area (TPSA) is 47.6 Å². The van der Waals surface area contributed by atoms with Gasteiger partial charge < -0.3 is 14.8 Å². The first kappa shape index (κ1) is 19.9. The molecule has 0 spiro atoms. The van der Waals surface area contributed by atoms with E-state index in [1.54, 1.807) is 24.3 Å². The molecule has 1 fully saturated rings. The molecule has 140 valence electrons. The third-order valence-corrected chi connectivity index (χ3v) is 5.32. The number of thioether (sulfide) groups is 1. The van der Waals surface area contributed by atoms with E-state index in [4.69, 9.17) is 21.7 Å². The van der Waals surface area contributed by atoms with Gasteiger partial charge in [-0.1, -0.05) is 36.1 Å². The summed E-state index contributed by atoms with van der Waals surface area (Å²) in [7, 11) is 0. The van der Waals surface area contributed by atoms with Crippen molar-refractivity contribution >= 4 is 56.2 Å². The maximum Gasteiger partial charge on any atom is 0.263 e. The molecule has 1 N–H and O–H groups in total. The van der Waals surface area contributed by atoms with Crippen molar-refractivity contribution in [1.82, 2.24) is 5.32 Å². The Bertz CT molecular complexity index is 916. The van der Waals surface area contributed by atoms with E-state index in [1.807, 2.05) is 13.0 Å². The summed E-state index contributed by atoms with van der Waals surface area (Å²) in [5, 5.41) is 2.59. The van der Waals surface area contributed by atoms with Gasteiger partial charge in [-0.15, -0.1) is 0 Å². The van der Waals surface area contributed by atoms with Crippen LogP contribution in [0.5, 0.6) is 11.5 Å². The van der Waals surface area contributed by atoms with Crippen LogP contribution in [0.4, 0.5) is 4.39 Å². The molecule has 8 heteroatoms. The lowest BCUT2D eigenvalue weighted by molar-refractivity contribution is -0.115. The summed E-state index contributed by atoms with van der Waals surface area (Å²) in [6.45, 7) is 2.60. The molecule has 0 bridgehead atoms. The van der Waals surface area contributed by atoms with E-state index in [9.17, 15) is 9.18 Å². The van der Waals surface area contributed by atoms with Crippen molar-refractivity contribution in [2.45, 2.75) is 13.5 Å². The highest BCUT2D eigenvalue weighted by Crippen LogP contribution is 2.39. The van der Waals surface area contributed by atoms with Crippen molar-refractivity contribution in [2.75, 3.05) is 6.61 Å². The van der Waals surface area contributed by atoms with Gasteiger partial charge in [0.1, 0.15) is 16.7 Å². The summed E-state index contributed by atoms with van der Waals surface area (Å²) in [5.41, 5.74) is 1.62. The number of hydrogen-bond donors (Lipinski definition) is 1. The van der Waals surface area contributed by atoms with E-state index in [1.165, 1.54) is 23.9 Å². The molecule has 0 saturated carbocycles. The quantitative estimate of drug-likeness (QED) is 0.475. The Balaban J connectivity index is 1.85. The molecule has 0 radical (unpaired) electrons. The molecular weight excluding hydrogens is 453 g/mol. The lowest BCUT2D eigenvalue weighted by Crippen LogP contribution is -2.17. The number of carbonyl (C=O) groups excluding carboxylic acids is 1. The lowest BCUT2D eigenvalue weighted by Gasteiger charge is -2.15. The summed E-state index contributed by atoms with van der Waals surface area (Å²) in [6.07, 6.45) is 1.75. The Hall–Kier alpha value is -1.90. The molecule has 1 aliphatic heterocycles. The minimum atomic E-state index is -0.291. The second-order valence-electron chi connectivity index (χ2n) is 5.53. The van der Waals surface area contributed by atoms with Crippen LogP contribution in [0.2, 0.25) is 0 Å².